The van der Waals surface area contributed by atoms with Crippen LogP contribution in [0.5, 0.6) is 0 Å². The van der Waals surface area contributed by atoms with Gasteiger partial charge < -0.3 is 15.2 Å². The van der Waals surface area contributed by atoms with E-state index in [9.17, 15) is 9.59 Å². The van der Waals surface area contributed by atoms with Gasteiger partial charge in [-0.2, -0.15) is 0 Å². The first-order valence-electron chi connectivity index (χ1n) is 3.65. The average Bonchev–Trinajstić information content (AvgIpc) is 2.11. The number of carbonyl (C=O) groups excluding carboxylic acids is 2. The summed E-state index contributed by atoms with van der Waals surface area (Å²) in [6.07, 6.45) is 0. The van der Waals surface area contributed by atoms with Crippen molar-refractivity contribution in [2.75, 3.05) is 13.7 Å². The van der Waals surface area contributed by atoms with Gasteiger partial charge in [-0.3, -0.25) is 4.79 Å². The average molecular weight is 187 g/mol. The predicted octanol–water partition coefficient (Wildman–Crippen LogP) is -0.394. The molecule has 0 saturated carbocycles. The number of carbonyl (C=O) groups is 2. The standard InChI is InChI=1S/C8H13NO4/c1-5(2)7(10)13-4-6(9)8(11)12-3/h6H,1,4,9H2,2-3H3. The van der Waals surface area contributed by atoms with E-state index >= 15 is 0 Å². The Balaban J connectivity index is 3.83. The summed E-state index contributed by atoms with van der Waals surface area (Å²) in [4.78, 5) is 21.6. The minimum atomic E-state index is -0.937. The van der Waals surface area contributed by atoms with E-state index in [-0.39, 0.29) is 12.2 Å². The molecule has 0 aliphatic heterocycles. The second-order valence-corrected chi connectivity index (χ2v) is 2.51. The largest absolute Gasteiger partial charge is 0.468 e. The van der Waals surface area contributed by atoms with Crippen molar-refractivity contribution in [3.8, 4) is 0 Å². The van der Waals surface area contributed by atoms with Crippen molar-refractivity contribution in [1.29, 1.82) is 0 Å². The molecule has 0 saturated heterocycles. The van der Waals surface area contributed by atoms with Crippen LogP contribution < -0.4 is 5.73 Å². The first-order chi connectivity index (χ1) is 5.99. The van der Waals surface area contributed by atoms with E-state index in [0.717, 1.165) is 0 Å². The van der Waals surface area contributed by atoms with Gasteiger partial charge >= 0.3 is 11.9 Å². The van der Waals surface area contributed by atoms with Gasteiger partial charge in [-0.25, -0.2) is 4.79 Å². The molecule has 5 nitrogen and oxygen atoms in total. The first-order valence-corrected chi connectivity index (χ1v) is 3.65. The molecule has 13 heavy (non-hydrogen) atoms. The molecular formula is C8H13NO4. The van der Waals surface area contributed by atoms with Gasteiger partial charge in [0, 0.05) is 5.57 Å². The second-order valence-electron chi connectivity index (χ2n) is 2.51. The van der Waals surface area contributed by atoms with Gasteiger partial charge in [-0.05, 0) is 6.92 Å². The molecule has 1 unspecified atom stereocenters. The highest BCUT2D eigenvalue weighted by atomic mass is 16.5. The van der Waals surface area contributed by atoms with Crippen molar-refractivity contribution in [2.45, 2.75) is 13.0 Å². The van der Waals surface area contributed by atoms with E-state index in [1.807, 2.05) is 0 Å². The molecule has 5 heteroatoms. The van der Waals surface area contributed by atoms with Crippen LogP contribution in [0.3, 0.4) is 0 Å². The topological polar surface area (TPSA) is 78.6 Å². The molecule has 74 valence electrons. The summed E-state index contributed by atoms with van der Waals surface area (Å²) in [5.74, 6) is -1.19. The van der Waals surface area contributed by atoms with E-state index in [1.165, 1.54) is 14.0 Å². The van der Waals surface area contributed by atoms with Crippen LogP contribution in [0, 0.1) is 0 Å². The summed E-state index contributed by atoms with van der Waals surface area (Å²) >= 11 is 0. The number of hydrogen-bond acceptors (Lipinski definition) is 5. The SMILES string of the molecule is C=C(C)C(=O)OCC(N)C(=O)OC. The zero-order valence-corrected chi connectivity index (χ0v) is 7.70. The van der Waals surface area contributed by atoms with Crippen LogP contribution in [-0.4, -0.2) is 31.7 Å². The molecule has 2 N–H and O–H groups in total. The maximum Gasteiger partial charge on any atom is 0.333 e. The van der Waals surface area contributed by atoms with Crippen molar-refractivity contribution >= 4 is 11.9 Å². The van der Waals surface area contributed by atoms with E-state index < -0.39 is 18.0 Å². The number of hydrogen-bond donors (Lipinski definition) is 1. The molecule has 0 aliphatic rings. The Hall–Kier alpha value is -1.36. The van der Waals surface area contributed by atoms with Crippen LogP contribution >= 0.6 is 0 Å². The molecule has 0 spiro atoms. The summed E-state index contributed by atoms with van der Waals surface area (Å²) in [7, 11) is 1.21. The molecule has 0 radical (unpaired) electrons. The lowest BCUT2D eigenvalue weighted by Gasteiger charge is -2.09. The van der Waals surface area contributed by atoms with Crippen molar-refractivity contribution in [3.05, 3.63) is 12.2 Å². The Morgan fingerprint density at radius 3 is 2.46 bits per heavy atom. The van der Waals surface area contributed by atoms with Gasteiger partial charge in [0.15, 0.2) is 0 Å². The Kier molecular flexibility index (Phi) is 4.76. The minimum absolute atomic E-state index is 0.196. The second kappa shape index (κ2) is 5.31. The van der Waals surface area contributed by atoms with Crippen LogP contribution in [0.25, 0.3) is 0 Å². The summed E-state index contributed by atoms with van der Waals surface area (Å²) in [6, 6.07) is -0.937. The highest BCUT2D eigenvalue weighted by molar-refractivity contribution is 5.87. The Morgan fingerprint density at radius 2 is 2.08 bits per heavy atom. The molecule has 0 fully saturated rings. The van der Waals surface area contributed by atoms with Gasteiger partial charge in [-0.15, -0.1) is 0 Å². The monoisotopic (exact) mass is 187 g/mol. The maximum absolute atomic E-state index is 10.8. The smallest absolute Gasteiger partial charge is 0.333 e. The molecule has 1 atom stereocenters. The maximum atomic E-state index is 10.8. The number of esters is 2. The Bertz CT molecular complexity index is 224. The molecule has 0 aliphatic carbocycles. The van der Waals surface area contributed by atoms with Crippen LogP contribution in [0.4, 0.5) is 0 Å². The van der Waals surface area contributed by atoms with Crippen molar-refractivity contribution in [3.63, 3.8) is 0 Å². The number of ether oxygens (including phenoxy) is 2. The molecular weight excluding hydrogens is 174 g/mol. The lowest BCUT2D eigenvalue weighted by Crippen LogP contribution is -2.36. The van der Waals surface area contributed by atoms with E-state index in [1.54, 1.807) is 0 Å². The Labute approximate surface area is 76.5 Å². The third-order valence-corrected chi connectivity index (χ3v) is 1.25. The van der Waals surface area contributed by atoms with Crippen LogP contribution in [0.1, 0.15) is 6.92 Å². The van der Waals surface area contributed by atoms with Gasteiger partial charge in [-0.1, -0.05) is 6.58 Å². The summed E-state index contributed by atoms with van der Waals surface area (Å²) < 4.78 is 8.95. The van der Waals surface area contributed by atoms with Crippen LogP contribution in [-0.2, 0) is 19.1 Å². The lowest BCUT2D eigenvalue weighted by molar-refractivity contribution is -0.147. The third-order valence-electron chi connectivity index (χ3n) is 1.25. The highest BCUT2D eigenvalue weighted by Gasteiger charge is 2.15. The van der Waals surface area contributed by atoms with Gasteiger partial charge in [0.05, 0.1) is 7.11 Å². The quantitative estimate of drug-likeness (QED) is 0.479. The Morgan fingerprint density at radius 1 is 1.54 bits per heavy atom. The minimum Gasteiger partial charge on any atom is -0.468 e. The van der Waals surface area contributed by atoms with E-state index in [2.05, 4.69) is 16.1 Å². The zero-order valence-electron chi connectivity index (χ0n) is 7.70. The fourth-order valence-corrected chi connectivity index (χ4v) is 0.508. The number of nitrogens with two attached hydrogens (primary N) is 1. The third kappa shape index (κ3) is 4.27. The fraction of sp³-hybridized carbons (Fsp3) is 0.500. The van der Waals surface area contributed by atoms with Crippen molar-refractivity contribution in [2.24, 2.45) is 5.73 Å². The van der Waals surface area contributed by atoms with Crippen molar-refractivity contribution < 1.29 is 19.1 Å². The first kappa shape index (κ1) is 11.6. The van der Waals surface area contributed by atoms with E-state index in [4.69, 9.17) is 5.73 Å². The lowest BCUT2D eigenvalue weighted by atomic mass is 10.3. The van der Waals surface area contributed by atoms with E-state index in [0.29, 0.717) is 0 Å². The van der Waals surface area contributed by atoms with Gasteiger partial charge in [0.25, 0.3) is 0 Å². The predicted molar refractivity (Wildman–Crippen MR) is 45.8 cm³/mol. The van der Waals surface area contributed by atoms with Crippen molar-refractivity contribution in [1.82, 2.24) is 0 Å². The fourth-order valence-electron chi connectivity index (χ4n) is 0.508. The zero-order chi connectivity index (χ0) is 10.4. The molecule has 0 rings (SSSR count). The van der Waals surface area contributed by atoms with Crippen LogP contribution in [0.2, 0.25) is 0 Å². The number of methoxy groups -OCH3 is 1. The molecule has 0 heterocycles. The van der Waals surface area contributed by atoms with Gasteiger partial charge in [0.1, 0.15) is 12.6 Å². The normalized spacial score (nSPS) is 11.6. The summed E-state index contributed by atoms with van der Waals surface area (Å²) in [6.45, 7) is 4.68. The highest BCUT2D eigenvalue weighted by Crippen LogP contribution is 1.93. The molecule has 0 bridgehead atoms. The summed E-state index contributed by atoms with van der Waals surface area (Å²) in [5, 5.41) is 0. The van der Waals surface area contributed by atoms with Gasteiger partial charge in [0.2, 0.25) is 0 Å². The summed E-state index contributed by atoms with van der Waals surface area (Å²) in [5.41, 5.74) is 5.56. The molecule has 0 aromatic heterocycles. The molecule has 0 aromatic carbocycles. The number of rotatable bonds is 4. The molecule has 0 amide bonds. The van der Waals surface area contributed by atoms with Crippen LogP contribution in [0.15, 0.2) is 12.2 Å². The molecule has 0 aromatic rings.